The summed E-state index contributed by atoms with van der Waals surface area (Å²) in [7, 11) is 2.68. The van der Waals surface area contributed by atoms with Crippen molar-refractivity contribution in [2.24, 2.45) is 0 Å². The van der Waals surface area contributed by atoms with E-state index in [0.29, 0.717) is 0 Å². The molecule has 10 heteroatoms. The number of H-pyrrole nitrogens is 1. The summed E-state index contributed by atoms with van der Waals surface area (Å²) in [6.45, 7) is 0. The number of benzene rings is 1. The highest BCUT2D eigenvalue weighted by Gasteiger charge is 2.24. The molecule has 9 nitrogen and oxygen atoms in total. The molecular formula is C14H12N4O5S. The fraction of sp³-hybridized carbons (Fsp3) is 0.214. The number of methoxy groups -OCH3 is 2. The van der Waals surface area contributed by atoms with Gasteiger partial charge in [0.15, 0.2) is 16.7 Å². The largest absolute Gasteiger partial charge is 0.493 e. The van der Waals surface area contributed by atoms with E-state index in [2.05, 4.69) is 9.97 Å². The zero-order valence-corrected chi connectivity index (χ0v) is 13.8. The fourth-order valence-corrected chi connectivity index (χ4v) is 2.46. The number of hydrogen-bond acceptors (Lipinski definition) is 8. The molecule has 0 amide bonds. The average molecular weight is 348 g/mol. The minimum atomic E-state index is -0.639. The van der Waals surface area contributed by atoms with Crippen LogP contribution < -0.4 is 15.0 Å². The first-order valence-electron chi connectivity index (χ1n) is 6.46. The van der Waals surface area contributed by atoms with Crippen LogP contribution in [0.5, 0.6) is 11.5 Å². The van der Waals surface area contributed by atoms with E-state index < -0.39 is 10.5 Å². The lowest BCUT2D eigenvalue weighted by Crippen LogP contribution is -2.15. The van der Waals surface area contributed by atoms with Crippen LogP contribution in [0.1, 0.15) is 5.56 Å². The molecule has 1 N–H and O–H groups in total. The second-order valence-corrected chi connectivity index (χ2v) is 5.19. The summed E-state index contributed by atoms with van der Waals surface area (Å²) in [4.78, 5) is 29.3. The van der Waals surface area contributed by atoms with E-state index in [0.717, 1.165) is 11.8 Å². The maximum absolute atomic E-state index is 12.1. The van der Waals surface area contributed by atoms with E-state index >= 15 is 0 Å². The molecule has 0 aliphatic rings. The highest BCUT2D eigenvalue weighted by atomic mass is 32.2. The molecular weight excluding hydrogens is 336 g/mol. The molecule has 0 atom stereocenters. The van der Waals surface area contributed by atoms with E-state index in [-0.39, 0.29) is 39.2 Å². The molecule has 0 unspecified atom stereocenters. The third-order valence-electron chi connectivity index (χ3n) is 3.13. The van der Waals surface area contributed by atoms with Crippen LogP contribution >= 0.6 is 11.8 Å². The predicted molar refractivity (Wildman–Crippen MR) is 86.5 cm³/mol. The van der Waals surface area contributed by atoms with Gasteiger partial charge in [0, 0.05) is 6.07 Å². The number of non-ortho nitro benzene ring substituents is 1. The van der Waals surface area contributed by atoms with Gasteiger partial charge >= 0.3 is 0 Å². The quantitative estimate of drug-likeness (QED) is 0.375. The van der Waals surface area contributed by atoms with Gasteiger partial charge in [0.25, 0.3) is 11.2 Å². The van der Waals surface area contributed by atoms with Crippen LogP contribution in [0.3, 0.4) is 0 Å². The minimum absolute atomic E-state index is 0.00977. The van der Waals surface area contributed by atoms with E-state index in [4.69, 9.17) is 9.47 Å². The Labute approximate surface area is 140 Å². The maximum atomic E-state index is 12.1. The van der Waals surface area contributed by atoms with Gasteiger partial charge in [-0.1, -0.05) is 11.8 Å². The molecule has 1 aromatic carbocycles. The molecule has 1 heterocycles. The topological polar surface area (TPSA) is 131 Å². The first kappa shape index (κ1) is 17.3. The Hall–Kier alpha value is -3.06. The summed E-state index contributed by atoms with van der Waals surface area (Å²) in [5.74, 6) is 0.239. The molecule has 0 aliphatic carbocycles. The van der Waals surface area contributed by atoms with Gasteiger partial charge in [-0.05, 0) is 6.26 Å². The van der Waals surface area contributed by atoms with Crippen LogP contribution in [0, 0.1) is 21.4 Å². The van der Waals surface area contributed by atoms with Gasteiger partial charge in [-0.2, -0.15) is 5.26 Å². The predicted octanol–water partition coefficient (Wildman–Crippen LogP) is 1.96. The van der Waals surface area contributed by atoms with E-state index in [1.54, 1.807) is 12.3 Å². The van der Waals surface area contributed by atoms with E-state index in [1.807, 2.05) is 0 Å². The fourth-order valence-electron chi connectivity index (χ4n) is 2.08. The number of rotatable bonds is 5. The summed E-state index contributed by atoms with van der Waals surface area (Å²) in [5, 5.41) is 20.7. The molecule has 0 radical (unpaired) electrons. The first-order valence-corrected chi connectivity index (χ1v) is 7.68. The van der Waals surface area contributed by atoms with Crippen LogP contribution in [0.4, 0.5) is 5.69 Å². The van der Waals surface area contributed by atoms with Crippen molar-refractivity contribution in [3.05, 3.63) is 38.2 Å². The van der Waals surface area contributed by atoms with Crippen molar-refractivity contribution in [1.29, 1.82) is 5.26 Å². The van der Waals surface area contributed by atoms with Gasteiger partial charge in [0.2, 0.25) is 0 Å². The number of aromatic nitrogens is 2. The normalized spacial score (nSPS) is 10.1. The van der Waals surface area contributed by atoms with Gasteiger partial charge in [0.1, 0.15) is 17.3 Å². The average Bonchev–Trinajstić information content (AvgIpc) is 2.59. The maximum Gasteiger partial charge on any atom is 0.274 e. The number of hydrogen-bond donors (Lipinski definition) is 1. The Bertz CT molecular complexity index is 903. The summed E-state index contributed by atoms with van der Waals surface area (Å²) in [6.07, 6.45) is 1.69. The van der Waals surface area contributed by atoms with Gasteiger partial charge in [0.05, 0.1) is 30.8 Å². The third kappa shape index (κ3) is 3.02. The molecule has 2 rings (SSSR count). The third-order valence-corrected chi connectivity index (χ3v) is 3.71. The van der Waals surface area contributed by atoms with Gasteiger partial charge in [-0.15, -0.1) is 0 Å². The van der Waals surface area contributed by atoms with Gasteiger partial charge < -0.3 is 14.5 Å². The molecule has 0 fully saturated rings. The number of nitrogens with one attached hydrogen (secondary N) is 1. The summed E-state index contributed by atoms with van der Waals surface area (Å²) in [6, 6.07) is 4.15. The monoisotopic (exact) mass is 348 g/mol. The molecule has 0 saturated heterocycles. The number of nitrogens with zero attached hydrogens (tertiary/aromatic N) is 3. The van der Waals surface area contributed by atoms with Crippen molar-refractivity contribution in [2.75, 3.05) is 20.5 Å². The van der Waals surface area contributed by atoms with E-state index in [9.17, 15) is 20.2 Å². The summed E-state index contributed by atoms with van der Waals surface area (Å²) >= 11 is 1.16. The van der Waals surface area contributed by atoms with Crippen molar-refractivity contribution in [3.8, 4) is 28.8 Å². The second kappa shape index (κ2) is 7.01. The summed E-state index contributed by atoms with van der Waals surface area (Å²) in [5.41, 5.74) is -1.07. The number of thioether (sulfide) groups is 1. The lowest BCUT2D eigenvalue weighted by Gasteiger charge is -2.13. The van der Waals surface area contributed by atoms with Crippen LogP contribution in [-0.4, -0.2) is 35.4 Å². The number of nitriles is 1. The Kier molecular flexibility index (Phi) is 5.05. The van der Waals surface area contributed by atoms with Crippen molar-refractivity contribution in [2.45, 2.75) is 5.16 Å². The second-order valence-electron chi connectivity index (χ2n) is 4.40. The zero-order chi connectivity index (χ0) is 17.9. The number of aromatic amines is 1. The Balaban J connectivity index is 2.93. The highest BCUT2D eigenvalue weighted by Crippen LogP contribution is 2.41. The number of ether oxygens (including phenoxy) is 2. The highest BCUT2D eigenvalue weighted by molar-refractivity contribution is 7.98. The number of nitro benzene ring substituents is 1. The molecule has 0 bridgehead atoms. The van der Waals surface area contributed by atoms with Crippen LogP contribution in [-0.2, 0) is 0 Å². The van der Waals surface area contributed by atoms with Crippen molar-refractivity contribution >= 4 is 17.4 Å². The summed E-state index contributed by atoms with van der Waals surface area (Å²) < 4.78 is 10.4. The lowest BCUT2D eigenvalue weighted by atomic mass is 10.0. The molecule has 24 heavy (non-hydrogen) atoms. The van der Waals surface area contributed by atoms with Crippen molar-refractivity contribution in [3.63, 3.8) is 0 Å². The van der Waals surface area contributed by atoms with Crippen LogP contribution in [0.15, 0.2) is 22.1 Å². The molecule has 0 spiro atoms. The van der Waals surface area contributed by atoms with Crippen LogP contribution in [0.2, 0.25) is 0 Å². The standard InChI is InChI=1S/C14H12N4O5S/c1-22-10-5-7(18(20)21)4-8(12(10)23-2)11-9(6-15)13(19)17-14(16-11)24-3/h4-5H,1-3H3,(H,16,17,19). The smallest absolute Gasteiger partial charge is 0.274 e. The molecule has 0 aliphatic heterocycles. The van der Waals surface area contributed by atoms with Gasteiger partial charge in [-0.3, -0.25) is 14.9 Å². The molecule has 0 saturated carbocycles. The zero-order valence-electron chi connectivity index (χ0n) is 12.9. The van der Waals surface area contributed by atoms with Crippen molar-refractivity contribution in [1.82, 2.24) is 9.97 Å². The van der Waals surface area contributed by atoms with Gasteiger partial charge in [-0.25, -0.2) is 4.98 Å². The molecule has 1 aromatic heterocycles. The van der Waals surface area contributed by atoms with E-state index in [1.165, 1.54) is 26.4 Å². The Morgan fingerprint density at radius 1 is 1.38 bits per heavy atom. The Morgan fingerprint density at radius 2 is 2.08 bits per heavy atom. The molecule has 2 aromatic rings. The minimum Gasteiger partial charge on any atom is -0.493 e. The Morgan fingerprint density at radius 3 is 2.58 bits per heavy atom. The van der Waals surface area contributed by atoms with Crippen molar-refractivity contribution < 1.29 is 14.4 Å². The lowest BCUT2D eigenvalue weighted by molar-refractivity contribution is -0.384. The molecule has 124 valence electrons. The number of nitro groups is 1. The SMILES string of the molecule is COc1cc([N+](=O)[O-])cc(-c2nc(SC)[nH]c(=O)c2C#N)c1OC. The van der Waals surface area contributed by atoms with Crippen LogP contribution in [0.25, 0.3) is 11.3 Å². The first-order chi connectivity index (χ1) is 11.5.